The van der Waals surface area contributed by atoms with E-state index in [1.165, 1.54) is 0 Å². The molecule has 0 aliphatic heterocycles. The zero-order chi connectivity index (χ0) is 14.8. The minimum atomic E-state index is -0.0876. The molecular formula is C16H23N3O. The highest BCUT2D eigenvalue weighted by atomic mass is 16.1. The molecule has 0 aliphatic carbocycles. The number of carbonyl (C=O) groups excluding carboxylic acids is 1. The summed E-state index contributed by atoms with van der Waals surface area (Å²) in [4.78, 5) is 14.4. The van der Waals surface area contributed by atoms with E-state index >= 15 is 0 Å². The summed E-state index contributed by atoms with van der Waals surface area (Å²) in [6.07, 6.45) is 1.21. The van der Waals surface area contributed by atoms with Crippen molar-refractivity contribution >= 4 is 5.91 Å². The summed E-state index contributed by atoms with van der Waals surface area (Å²) in [5.74, 6) is -0.0876. The summed E-state index contributed by atoms with van der Waals surface area (Å²) in [7, 11) is 0. The van der Waals surface area contributed by atoms with Crippen LogP contribution >= 0.6 is 0 Å². The van der Waals surface area contributed by atoms with E-state index in [1.54, 1.807) is 6.07 Å². The van der Waals surface area contributed by atoms with Gasteiger partial charge in [-0.15, -0.1) is 0 Å². The predicted octanol–water partition coefficient (Wildman–Crippen LogP) is 2.21. The second-order valence-corrected chi connectivity index (χ2v) is 4.63. The van der Waals surface area contributed by atoms with Gasteiger partial charge >= 0.3 is 0 Å². The molecule has 0 aliphatic rings. The Hall–Kier alpha value is -1.86. The topological polar surface area (TPSA) is 56.1 Å². The van der Waals surface area contributed by atoms with Crippen LogP contribution in [-0.2, 0) is 6.42 Å². The molecule has 4 nitrogen and oxygen atoms in total. The molecule has 0 saturated carbocycles. The summed E-state index contributed by atoms with van der Waals surface area (Å²) >= 11 is 0. The van der Waals surface area contributed by atoms with Crippen LogP contribution in [0, 0.1) is 11.3 Å². The van der Waals surface area contributed by atoms with Crippen LogP contribution < -0.4 is 5.32 Å². The Balaban J connectivity index is 2.45. The second kappa shape index (κ2) is 9.11. The summed E-state index contributed by atoms with van der Waals surface area (Å²) in [5, 5.41) is 11.7. The molecule has 0 bridgehead atoms. The smallest absolute Gasteiger partial charge is 0.251 e. The quantitative estimate of drug-likeness (QED) is 0.739. The molecule has 0 radical (unpaired) electrons. The van der Waals surface area contributed by atoms with Crippen molar-refractivity contribution in [1.82, 2.24) is 10.2 Å². The maximum Gasteiger partial charge on any atom is 0.251 e. The number of nitrogens with one attached hydrogen (secondary N) is 1. The Labute approximate surface area is 121 Å². The Morgan fingerprint density at radius 2 is 2.00 bits per heavy atom. The fourth-order valence-electron chi connectivity index (χ4n) is 2.12. The van der Waals surface area contributed by atoms with Gasteiger partial charge in [-0.05, 0) is 37.7 Å². The van der Waals surface area contributed by atoms with Crippen molar-refractivity contribution in [1.29, 1.82) is 5.26 Å². The third-order valence-electron chi connectivity index (χ3n) is 3.36. The summed E-state index contributed by atoms with van der Waals surface area (Å²) in [5.41, 5.74) is 1.40. The normalized spacial score (nSPS) is 10.3. The van der Waals surface area contributed by atoms with Crippen LogP contribution in [0.4, 0.5) is 0 Å². The molecule has 0 spiro atoms. The van der Waals surface area contributed by atoms with E-state index in [1.807, 2.05) is 18.2 Å². The molecule has 1 aromatic rings. The number of nitrogens with zero attached hydrogens (tertiary/aromatic N) is 2. The molecule has 0 aromatic heterocycles. The van der Waals surface area contributed by atoms with Crippen molar-refractivity contribution in [2.45, 2.75) is 26.7 Å². The molecule has 1 aromatic carbocycles. The molecule has 1 amide bonds. The van der Waals surface area contributed by atoms with Crippen LogP contribution in [0.3, 0.4) is 0 Å². The number of amides is 1. The first-order valence-corrected chi connectivity index (χ1v) is 7.18. The van der Waals surface area contributed by atoms with E-state index in [0.717, 1.165) is 31.6 Å². The van der Waals surface area contributed by atoms with Gasteiger partial charge in [0, 0.05) is 12.1 Å². The maximum absolute atomic E-state index is 12.1. The van der Waals surface area contributed by atoms with E-state index in [0.29, 0.717) is 12.1 Å². The highest BCUT2D eigenvalue weighted by Crippen LogP contribution is 2.09. The second-order valence-electron chi connectivity index (χ2n) is 4.63. The first kappa shape index (κ1) is 16.2. The van der Waals surface area contributed by atoms with Gasteiger partial charge in [0.15, 0.2) is 0 Å². The molecule has 1 N–H and O–H groups in total. The van der Waals surface area contributed by atoms with E-state index in [-0.39, 0.29) is 12.3 Å². The number of carbonyl (C=O) groups is 1. The number of rotatable bonds is 8. The van der Waals surface area contributed by atoms with Crippen molar-refractivity contribution in [2.24, 2.45) is 0 Å². The highest BCUT2D eigenvalue weighted by molar-refractivity contribution is 5.95. The molecular weight excluding hydrogens is 250 g/mol. The van der Waals surface area contributed by atoms with Gasteiger partial charge in [0.25, 0.3) is 5.91 Å². The summed E-state index contributed by atoms with van der Waals surface area (Å²) < 4.78 is 0. The van der Waals surface area contributed by atoms with Crippen molar-refractivity contribution in [3.05, 3.63) is 35.4 Å². The van der Waals surface area contributed by atoms with Crippen molar-refractivity contribution in [3.8, 4) is 6.07 Å². The van der Waals surface area contributed by atoms with Crippen molar-refractivity contribution in [2.75, 3.05) is 26.2 Å². The van der Waals surface area contributed by atoms with Gasteiger partial charge in [-0.1, -0.05) is 32.0 Å². The molecule has 0 heterocycles. The number of benzene rings is 1. The lowest BCUT2D eigenvalue weighted by molar-refractivity contribution is 0.0951. The molecule has 0 saturated heterocycles. The first-order valence-electron chi connectivity index (χ1n) is 7.18. The summed E-state index contributed by atoms with van der Waals surface area (Å²) in [6.45, 7) is 8.01. The standard InChI is InChI=1S/C16H23N3O/c1-3-19(4-2)13-7-12-18-16(20)15-9-6-5-8-14(15)10-11-17/h5-6,8-9H,3-4,7,10,12-13H2,1-2H3,(H,18,20). The molecule has 20 heavy (non-hydrogen) atoms. The fraction of sp³-hybridized carbons (Fsp3) is 0.500. The summed E-state index contributed by atoms with van der Waals surface area (Å²) in [6, 6.07) is 9.36. The number of nitriles is 1. The van der Waals surface area contributed by atoms with Crippen LogP contribution in [0.1, 0.15) is 36.2 Å². The predicted molar refractivity (Wildman–Crippen MR) is 80.5 cm³/mol. The zero-order valence-corrected chi connectivity index (χ0v) is 12.4. The van der Waals surface area contributed by atoms with Gasteiger partial charge < -0.3 is 10.2 Å². The lowest BCUT2D eigenvalue weighted by atomic mass is 10.0. The molecule has 0 fully saturated rings. The van der Waals surface area contributed by atoms with Crippen LogP contribution in [0.2, 0.25) is 0 Å². The van der Waals surface area contributed by atoms with E-state index < -0.39 is 0 Å². The Bertz CT molecular complexity index is 461. The Kier molecular flexibility index (Phi) is 7.38. The lowest BCUT2D eigenvalue weighted by Gasteiger charge is -2.17. The van der Waals surface area contributed by atoms with Gasteiger partial charge in [-0.3, -0.25) is 4.79 Å². The largest absolute Gasteiger partial charge is 0.352 e. The first-order chi connectivity index (χ1) is 9.72. The minimum absolute atomic E-state index is 0.0876. The van der Waals surface area contributed by atoms with Crippen LogP contribution in [0.25, 0.3) is 0 Å². The Morgan fingerprint density at radius 3 is 2.65 bits per heavy atom. The van der Waals surface area contributed by atoms with Crippen molar-refractivity contribution < 1.29 is 4.79 Å². The third-order valence-corrected chi connectivity index (χ3v) is 3.36. The molecule has 108 valence electrons. The van der Waals surface area contributed by atoms with Crippen LogP contribution in [-0.4, -0.2) is 37.0 Å². The number of hydrogen-bond donors (Lipinski definition) is 1. The fourth-order valence-corrected chi connectivity index (χ4v) is 2.12. The van der Waals surface area contributed by atoms with Gasteiger partial charge in [0.05, 0.1) is 12.5 Å². The van der Waals surface area contributed by atoms with E-state index in [2.05, 4.69) is 30.1 Å². The van der Waals surface area contributed by atoms with Crippen molar-refractivity contribution in [3.63, 3.8) is 0 Å². The highest BCUT2D eigenvalue weighted by Gasteiger charge is 2.09. The van der Waals surface area contributed by atoms with Crippen LogP contribution in [0.5, 0.6) is 0 Å². The Morgan fingerprint density at radius 1 is 1.30 bits per heavy atom. The monoisotopic (exact) mass is 273 g/mol. The zero-order valence-electron chi connectivity index (χ0n) is 12.4. The van der Waals surface area contributed by atoms with E-state index in [9.17, 15) is 4.79 Å². The van der Waals surface area contributed by atoms with E-state index in [4.69, 9.17) is 5.26 Å². The van der Waals surface area contributed by atoms with Gasteiger partial charge in [-0.25, -0.2) is 0 Å². The minimum Gasteiger partial charge on any atom is -0.352 e. The maximum atomic E-state index is 12.1. The van der Waals surface area contributed by atoms with Gasteiger partial charge in [0.2, 0.25) is 0 Å². The van der Waals surface area contributed by atoms with Gasteiger partial charge in [-0.2, -0.15) is 5.26 Å². The molecule has 4 heteroatoms. The SMILES string of the molecule is CCN(CC)CCCNC(=O)c1ccccc1CC#N. The molecule has 0 unspecified atom stereocenters. The van der Waals surface area contributed by atoms with Crippen LogP contribution in [0.15, 0.2) is 24.3 Å². The van der Waals surface area contributed by atoms with Gasteiger partial charge in [0.1, 0.15) is 0 Å². The third kappa shape index (κ3) is 5.02. The average molecular weight is 273 g/mol. The number of hydrogen-bond acceptors (Lipinski definition) is 3. The molecule has 1 rings (SSSR count). The molecule has 0 atom stereocenters. The average Bonchev–Trinajstić information content (AvgIpc) is 2.48. The lowest BCUT2D eigenvalue weighted by Crippen LogP contribution is -2.30.